The van der Waals surface area contributed by atoms with Crippen molar-refractivity contribution in [2.24, 2.45) is 17.8 Å². The normalized spacial score (nSPS) is 36.1. The van der Waals surface area contributed by atoms with Gasteiger partial charge in [-0.1, -0.05) is 0 Å². The Morgan fingerprint density at radius 2 is 1.75 bits per heavy atom. The van der Waals surface area contributed by atoms with E-state index in [1.54, 1.807) is 23.1 Å². The molecule has 1 atom stereocenters. The van der Waals surface area contributed by atoms with Crippen LogP contribution in [0.1, 0.15) is 52.4 Å². The van der Waals surface area contributed by atoms with Crippen LogP contribution in [0.3, 0.4) is 0 Å². The zero-order valence-corrected chi connectivity index (χ0v) is 17.3. The molecule has 0 radical (unpaired) electrons. The predicted octanol–water partition coefficient (Wildman–Crippen LogP) is 3.07. The van der Waals surface area contributed by atoms with Gasteiger partial charge in [0.1, 0.15) is 11.9 Å². The van der Waals surface area contributed by atoms with Gasteiger partial charge < -0.3 is 9.64 Å². The van der Waals surface area contributed by atoms with Crippen LogP contribution in [-0.2, 0) is 14.8 Å². The Labute approximate surface area is 166 Å². The number of ether oxygens (including phenoxy) is 1. The highest BCUT2D eigenvalue weighted by atomic mass is 32.2. The Balaban J connectivity index is 1.46. The van der Waals surface area contributed by atoms with Crippen LogP contribution in [0.2, 0.25) is 0 Å². The smallest absolute Gasteiger partial charge is 0.241 e. The van der Waals surface area contributed by atoms with Crippen LogP contribution >= 0.6 is 0 Å². The molecule has 1 amide bonds. The number of amides is 1. The van der Waals surface area contributed by atoms with E-state index >= 15 is 0 Å². The number of hydrogen-bond donors (Lipinski definition) is 1. The molecule has 4 saturated carbocycles. The number of carbonyl (C=O) groups excluding carboxylic acids is 1. The van der Waals surface area contributed by atoms with Gasteiger partial charge in [-0.05, 0) is 81.4 Å². The fraction of sp³-hybridized carbons (Fsp3) is 0.667. The first-order valence-electron chi connectivity index (χ1n) is 10.4. The van der Waals surface area contributed by atoms with Gasteiger partial charge in [-0.15, -0.1) is 0 Å². The standard InChI is InChI=1S/C21H28N2O4S/c1-13-12-23(14(2)24)19-8-18(3-4-20(19)27-13)28(25,26)22-21-9-15-5-16(10-21)7-17(6-15)11-21/h3-4,8,13,15-17,22H,5-7,9-12H2,1-2H3. The third-order valence-electron chi connectivity index (χ3n) is 7.07. The highest BCUT2D eigenvalue weighted by Crippen LogP contribution is 2.56. The predicted molar refractivity (Wildman–Crippen MR) is 106 cm³/mol. The Kier molecular flexibility index (Phi) is 4.08. The Bertz CT molecular complexity index is 891. The molecule has 1 unspecified atom stereocenters. The summed E-state index contributed by atoms with van der Waals surface area (Å²) in [5, 5.41) is 0. The van der Waals surface area contributed by atoms with Crippen LogP contribution in [0.4, 0.5) is 5.69 Å². The van der Waals surface area contributed by atoms with Gasteiger partial charge >= 0.3 is 0 Å². The largest absolute Gasteiger partial charge is 0.487 e. The van der Waals surface area contributed by atoms with E-state index in [1.165, 1.54) is 26.2 Å². The number of anilines is 1. The van der Waals surface area contributed by atoms with Crippen molar-refractivity contribution < 1.29 is 17.9 Å². The maximum absolute atomic E-state index is 13.3. The van der Waals surface area contributed by atoms with E-state index in [4.69, 9.17) is 4.74 Å². The minimum Gasteiger partial charge on any atom is -0.487 e. The number of carbonyl (C=O) groups is 1. The molecule has 1 heterocycles. The molecule has 5 aliphatic rings. The van der Waals surface area contributed by atoms with Crippen LogP contribution < -0.4 is 14.4 Å². The monoisotopic (exact) mass is 404 g/mol. The van der Waals surface area contributed by atoms with E-state index in [2.05, 4.69) is 4.72 Å². The molecule has 0 aromatic heterocycles. The van der Waals surface area contributed by atoms with Crippen molar-refractivity contribution in [2.45, 2.75) is 68.9 Å². The molecule has 4 fully saturated rings. The summed E-state index contributed by atoms with van der Waals surface area (Å²) >= 11 is 0. The maximum Gasteiger partial charge on any atom is 0.241 e. The van der Waals surface area contributed by atoms with Gasteiger partial charge in [-0.25, -0.2) is 13.1 Å². The molecular weight excluding hydrogens is 376 g/mol. The van der Waals surface area contributed by atoms with E-state index in [-0.39, 0.29) is 22.4 Å². The molecule has 1 aromatic carbocycles. The molecule has 6 rings (SSSR count). The third-order valence-corrected chi connectivity index (χ3v) is 8.64. The van der Waals surface area contributed by atoms with E-state index < -0.39 is 10.0 Å². The van der Waals surface area contributed by atoms with E-state index in [0.29, 0.717) is 35.7 Å². The summed E-state index contributed by atoms with van der Waals surface area (Å²) in [5.41, 5.74) is 0.258. The minimum absolute atomic E-state index is 0.111. The number of hydrogen-bond acceptors (Lipinski definition) is 4. The zero-order valence-electron chi connectivity index (χ0n) is 16.5. The van der Waals surface area contributed by atoms with Gasteiger partial charge in [0.2, 0.25) is 15.9 Å². The summed E-state index contributed by atoms with van der Waals surface area (Å²) in [6.45, 7) is 3.82. The summed E-state index contributed by atoms with van der Waals surface area (Å²) in [6, 6.07) is 4.86. The van der Waals surface area contributed by atoms with Gasteiger partial charge in [0.15, 0.2) is 0 Å². The van der Waals surface area contributed by atoms with Crippen molar-refractivity contribution in [3.63, 3.8) is 0 Å². The van der Waals surface area contributed by atoms with Gasteiger partial charge in [0, 0.05) is 12.5 Å². The number of nitrogens with zero attached hydrogens (tertiary/aromatic N) is 1. The number of rotatable bonds is 3. The molecule has 4 bridgehead atoms. The van der Waals surface area contributed by atoms with Crippen molar-refractivity contribution in [1.82, 2.24) is 4.72 Å². The van der Waals surface area contributed by atoms with Gasteiger partial charge in [0.25, 0.3) is 0 Å². The molecule has 28 heavy (non-hydrogen) atoms. The average Bonchev–Trinajstić information content (AvgIpc) is 2.58. The van der Waals surface area contributed by atoms with Crippen molar-refractivity contribution >= 4 is 21.6 Å². The van der Waals surface area contributed by atoms with Crippen LogP contribution in [0.25, 0.3) is 0 Å². The van der Waals surface area contributed by atoms with E-state index in [0.717, 1.165) is 19.3 Å². The summed E-state index contributed by atoms with van der Waals surface area (Å²) < 4.78 is 35.5. The fourth-order valence-corrected chi connectivity index (χ4v) is 7.91. The highest BCUT2D eigenvalue weighted by molar-refractivity contribution is 7.89. The first-order valence-corrected chi connectivity index (χ1v) is 11.8. The van der Waals surface area contributed by atoms with Crippen molar-refractivity contribution in [2.75, 3.05) is 11.4 Å². The highest BCUT2D eigenvalue weighted by Gasteiger charge is 2.52. The van der Waals surface area contributed by atoms with Crippen LogP contribution in [-0.4, -0.2) is 32.5 Å². The molecule has 1 aliphatic heterocycles. The lowest BCUT2D eigenvalue weighted by molar-refractivity contribution is -0.117. The minimum atomic E-state index is -3.66. The molecule has 0 spiro atoms. The lowest BCUT2D eigenvalue weighted by Gasteiger charge is -2.56. The fourth-order valence-electron chi connectivity index (χ4n) is 6.46. The Morgan fingerprint density at radius 1 is 1.14 bits per heavy atom. The van der Waals surface area contributed by atoms with E-state index in [9.17, 15) is 13.2 Å². The molecule has 152 valence electrons. The summed E-state index contributed by atoms with van der Waals surface area (Å²) in [6.07, 6.45) is 6.56. The molecule has 1 N–H and O–H groups in total. The van der Waals surface area contributed by atoms with Crippen molar-refractivity contribution in [3.05, 3.63) is 18.2 Å². The number of fused-ring (bicyclic) bond motifs is 1. The average molecular weight is 405 g/mol. The first kappa shape index (κ1) is 18.4. The molecule has 4 aliphatic carbocycles. The Morgan fingerprint density at radius 3 is 2.32 bits per heavy atom. The number of nitrogens with one attached hydrogen (secondary N) is 1. The molecular formula is C21H28N2O4S. The van der Waals surface area contributed by atoms with Crippen molar-refractivity contribution in [1.29, 1.82) is 0 Å². The van der Waals surface area contributed by atoms with Crippen LogP contribution in [0, 0.1) is 17.8 Å². The Hall–Kier alpha value is -1.60. The van der Waals surface area contributed by atoms with Crippen molar-refractivity contribution in [3.8, 4) is 5.75 Å². The second kappa shape index (κ2) is 6.20. The number of sulfonamides is 1. The topological polar surface area (TPSA) is 75.7 Å². The second-order valence-electron chi connectivity index (χ2n) is 9.49. The number of benzene rings is 1. The quantitative estimate of drug-likeness (QED) is 0.840. The summed E-state index contributed by atoms with van der Waals surface area (Å²) in [4.78, 5) is 13.9. The lowest BCUT2D eigenvalue weighted by atomic mass is 9.53. The summed E-state index contributed by atoms with van der Waals surface area (Å²) in [7, 11) is -3.66. The SMILES string of the molecule is CC(=O)N1CC(C)Oc2ccc(S(=O)(=O)NC34CC5CC(CC(C5)C3)C4)cc21. The maximum atomic E-state index is 13.3. The molecule has 6 nitrogen and oxygen atoms in total. The molecule has 1 aromatic rings. The van der Waals surface area contributed by atoms with Gasteiger partial charge in [-0.3, -0.25) is 4.79 Å². The van der Waals surface area contributed by atoms with Crippen LogP contribution in [0.15, 0.2) is 23.1 Å². The lowest BCUT2D eigenvalue weighted by Crippen LogP contribution is -2.59. The molecule has 0 saturated heterocycles. The summed E-state index contributed by atoms with van der Waals surface area (Å²) in [5.74, 6) is 2.45. The van der Waals surface area contributed by atoms with Gasteiger partial charge in [0.05, 0.1) is 17.1 Å². The van der Waals surface area contributed by atoms with Crippen LogP contribution in [0.5, 0.6) is 5.75 Å². The first-order chi connectivity index (χ1) is 13.2. The zero-order chi connectivity index (χ0) is 19.7. The molecule has 7 heteroatoms. The second-order valence-corrected chi connectivity index (χ2v) is 11.2. The van der Waals surface area contributed by atoms with E-state index in [1.807, 2.05) is 6.92 Å². The van der Waals surface area contributed by atoms with Gasteiger partial charge in [-0.2, -0.15) is 0 Å². The third kappa shape index (κ3) is 3.03.